The summed E-state index contributed by atoms with van der Waals surface area (Å²) in [4.78, 5) is 17.4. The minimum Gasteiger partial charge on any atom is -0.377 e. The van der Waals surface area contributed by atoms with Gasteiger partial charge in [0.1, 0.15) is 0 Å². The molecule has 1 aromatic rings. The number of hydrogen-bond donors (Lipinski definition) is 0. The number of nitrogens with zero attached hydrogens (tertiary/aromatic N) is 3. The van der Waals surface area contributed by atoms with Crippen molar-refractivity contribution in [2.45, 2.75) is 0 Å². The lowest BCUT2D eigenvalue weighted by Crippen LogP contribution is -2.53. The number of amides is 1. The van der Waals surface area contributed by atoms with Crippen molar-refractivity contribution >= 4 is 11.6 Å². The fraction of sp³-hybridized carbons (Fsp3) is 0.364. The van der Waals surface area contributed by atoms with Gasteiger partial charge in [0.05, 0.1) is 19.3 Å². The second-order valence-corrected chi connectivity index (χ2v) is 3.76. The van der Waals surface area contributed by atoms with Crippen LogP contribution in [0.1, 0.15) is 0 Å². The van der Waals surface area contributed by atoms with Crippen molar-refractivity contribution in [1.29, 1.82) is 5.26 Å². The van der Waals surface area contributed by atoms with Gasteiger partial charge in [0.25, 0.3) is 5.91 Å². The summed E-state index contributed by atoms with van der Waals surface area (Å²) in [6, 6.07) is 5.48. The summed E-state index contributed by atoms with van der Waals surface area (Å²) in [7, 11) is 1.65. The van der Waals surface area contributed by atoms with E-state index in [1.165, 1.54) is 4.90 Å². The van der Waals surface area contributed by atoms with Crippen LogP contribution in [-0.2, 0) is 9.53 Å². The van der Waals surface area contributed by atoms with Gasteiger partial charge in [-0.25, -0.2) is 0 Å². The second kappa shape index (κ2) is 3.91. The molecule has 0 bridgehead atoms. The Morgan fingerprint density at radius 2 is 2.19 bits per heavy atom. The Morgan fingerprint density at radius 1 is 1.56 bits per heavy atom. The molecule has 2 heterocycles. The lowest BCUT2D eigenvalue weighted by molar-refractivity contribution is -0.146. The van der Waals surface area contributed by atoms with Crippen LogP contribution in [0.2, 0.25) is 0 Å². The van der Waals surface area contributed by atoms with Gasteiger partial charge in [-0.3, -0.25) is 9.78 Å². The summed E-state index contributed by atoms with van der Waals surface area (Å²) in [5, 5.41) is 9.01. The largest absolute Gasteiger partial charge is 0.377 e. The van der Waals surface area contributed by atoms with Crippen molar-refractivity contribution in [2.24, 2.45) is 5.41 Å². The van der Waals surface area contributed by atoms with Gasteiger partial charge in [0.15, 0.2) is 5.41 Å². The number of carbonyl (C=O) groups is 1. The monoisotopic (exact) mass is 217 g/mol. The third-order valence-electron chi connectivity index (χ3n) is 2.67. The van der Waals surface area contributed by atoms with Gasteiger partial charge in [-0.05, 0) is 12.1 Å². The van der Waals surface area contributed by atoms with Crippen LogP contribution in [0.5, 0.6) is 0 Å². The van der Waals surface area contributed by atoms with Gasteiger partial charge in [0.2, 0.25) is 0 Å². The summed E-state index contributed by atoms with van der Waals surface area (Å²) in [5.41, 5.74) is -0.278. The average Bonchev–Trinajstić information content (AvgIpc) is 2.28. The number of pyridine rings is 1. The Balaban J connectivity index is 2.20. The first kappa shape index (κ1) is 10.6. The first-order valence-corrected chi connectivity index (χ1v) is 4.87. The molecular weight excluding hydrogens is 206 g/mol. The van der Waals surface area contributed by atoms with E-state index in [1.54, 1.807) is 31.6 Å². The Kier molecular flexibility index (Phi) is 2.59. The van der Waals surface area contributed by atoms with E-state index >= 15 is 0 Å². The molecule has 82 valence electrons. The molecule has 0 unspecified atom stereocenters. The molecule has 2 rings (SSSR count). The number of carbonyl (C=O) groups excluding carboxylic acids is 1. The summed E-state index contributed by atoms with van der Waals surface area (Å²) in [6.07, 6.45) is 3.21. The molecule has 1 aromatic heterocycles. The smallest absolute Gasteiger partial charge is 0.252 e. The molecule has 1 saturated heterocycles. The zero-order valence-corrected chi connectivity index (χ0v) is 8.88. The first-order valence-electron chi connectivity index (χ1n) is 4.87. The van der Waals surface area contributed by atoms with E-state index in [0.717, 1.165) is 5.69 Å². The third kappa shape index (κ3) is 1.53. The van der Waals surface area contributed by atoms with Crippen LogP contribution in [-0.4, -0.2) is 31.2 Å². The van der Waals surface area contributed by atoms with E-state index in [4.69, 9.17) is 10.00 Å². The zero-order chi connectivity index (χ0) is 11.6. The zero-order valence-electron chi connectivity index (χ0n) is 8.88. The predicted octanol–water partition coefficient (Wildman–Crippen LogP) is 0.585. The summed E-state index contributed by atoms with van der Waals surface area (Å²) >= 11 is 0. The molecule has 0 aromatic carbocycles. The highest BCUT2D eigenvalue weighted by molar-refractivity contribution is 5.99. The molecule has 5 nitrogen and oxygen atoms in total. The van der Waals surface area contributed by atoms with Crippen molar-refractivity contribution < 1.29 is 9.53 Å². The van der Waals surface area contributed by atoms with Crippen molar-refractivity contribution in [3.63, 3.8) is 0 Å². The first-order chi connectivity index (χ1) is 7.69. The molecule has 0 N–H and O–H groups in total. The van der Waals surface area contributed by atoms with Crippen LogP contribution in [0, 0.1) is 16.7 Å². The minimum absolute atomic E-state index is 0.178. The van der Waals surface area contributed by atoms with E-state index in [0.29, 0.717) is 0 Å². The topological polar surface area (TPSA) is 66.2 Å². The van der Waals surface area contributed by atoms with E-state index < -0.39 is 5.41 Å². The normalized spacial score (nSPS) is 17.0. The number of aromatic nitrogens is 1. The lowest BCUT2D eigenvalue weighted by Gasteiger charge is -2.36. The maximum atomic E-state index is 12.1. The van der Waals surface area contributed by atoms with Crippen molar-refractivity contribution in [1.82, 2.24) is 4.98 Å². The maximum Gasteiger partial charge on any atom is 0.252 e. The van der Waals surface area contributed by atoms with Gasteiger partial charge >= 0.3 is 0 Å². The predicted molar refractivity (Wildman–Crippen MR) is 56.5 cm³/mol. The van der Waals surface area contributed by atoms with E-state index in [2.05, 4.69) is 4.98 Å². The maximum absolute atomic E-state index is 12.1. The summed E-state index contributed by atoms with van der Waals surface area (Å²) in [5.74, 6) is -0.229. The van der Waals surface area contributed by atoms with Gasteiger partial charge in [-0.1, -0.05) is 0 Å². The Morgan fingerprint density at radius 3 is 2.62 bits per heavy atom. The number of ether oxygens (including phenoxy) is 1. The van der Waals surface area contributed by atoms with Crippen LogP contribution in [0.3, 0.4) is 0 Å². The molecule has 1 fully saturated rings. The standard InChI is InChI=1S/C11H11N3O2/c1-14(9-2-4-13-5-3-9)10(15)11(6-12)7-16-8-11/h2-5H,7-8H2,1H3. The number of rotatable bonds is 2. The highest BCUT2D eigenvalue weighted by Gasteiger charge is 2.48. The number of hydrogen-bond acceptors (Lipinski definition) is 4. The van der Waals surface area contributed by atoms with Gasteiger partial charge in [0, 0.05) is 25.1 Å². The van der Waals surface area contributed by atoms with Gasteiger partial charge in [-0.15, -0.1) is 0 Å². The van der Waals surface area contributed by atoms with Crippen molar-refractivity contribution in [3.8, 4) is 6.07 Å². The highest BCUT2D eigenvalue weighted by Crippen LogP contribution is 2.30. The molecule has 0 atom stereocenters. The highest BCUT2D eigenvalue weighted by atomic mass is 16.5. The molecule has 0 spiro atoms. The summed E-state index contributed by atoms with van der Waals surface area (Å²) in [6.45, 7) is 0.357. The fourth-order valence-corrected chi connectivity index (χ4v) is 1.55. The van der Waals surface area contributed by atoms with Crippen LogP contribution in [0.25, 0.3) is 0 Å². The molecule has 1 aliphatic heterocycles. The second-order valence-electron chi connectivity index (χ2n) is 3.76. The molecule has 0 radical (unpaired) electrons. The van der Waals surface area contributed by atoms with Crippen LogP contribution in [0.4, 0.5) is 5.69 Å². The van der Waals surface area contributed by atoms with Crippen LogP contribution < -0.4 is 4.90 Å². The molecule has 1 amide bonds. The molecule has 16 heavy (non-hydrogen) atoms. The molecular formula is C11H11N3O2. The van der Waals surface area contributed by atoms with Crippen LogP contribution in [0.15, 0.2) is 24.5 Å². The Labute approximate surface area is 93.3 Å². The van der Waals surface area contributed by atoms with E-state index in [9.17, 15) is 4.79 Å². The molecule has 1 aliphatic rings. The average molecular weight is 217 g/mol. The van der Waals surface area contributed by atoms with Crippen molar-refractivity contribution in [2.75, 3.05) is 25.2 Å². The van der Waals surface area contributed by atoms with Crippen LogP contribution >= 0.6 is 0 Å². The molecule has 5 heteroatoms. The quantitative estimate of drug-likeness (QED) is 0.727. The van der Waals surface area contributed by atoms with E-state index in [-0.39, 0.29) is 19.1 Å². The number of anilines is 1. The van der Waals surface area contributed by atoms with E-state index in [1.807, 2.05) is 6.07 Å². The Hall–Kier alpha value is -1.93. The summed E-state index contributed by atoms with van der Waals surface area (Å²) < 4.78 is 4.95. The Bertz CT molecular complexity index is 434. The SMILES string of the molecule is CN(C(=O)C1(C#N)COC1)c1ccncc1. The molecule has 0 aliphatic carbocycles. The fourth-order valence-electron chi connectivity index (χ4n) is 1.55. The molecule has 0 saturated carbocycles. The third-order valence-corrected chi connectivity index (χ3v) is 2.67. The van der Waals surface area contributed by atoms with Gasteiger partial charge in [-0.2, -0.15) is 5.26 Å². The minimum atomic E-state index is -1.00. The number of nitriles is 1. The van der Waals surface area contributed by atoms with Crippen molar-refractivity contribution in [3.05, 3.63) is 24.5 Å². The van der Waals surface area contributed by atoms with Gasteiger partial charge < -0.3 is 9.64 Å². The lowest BCUT2D eigenvalue weighted by atomic mass is 9.86.